The number of pyridine rings is 1. The Morgan fingerprint density at radius 3 is 1.98 bits per heavy atom. The van der Waals surface area contributed by atoms with Crippen molar-refractivity contribution in [2.24, 2.45) is 0 Å². The van der Waals surface area contributed by atoms with Crippen LogP contribution in [0.15, 0.2) is 97.2 Å². The number of methoxy groups -OCH3 is 1. The smallest absolute Gasteiger partial charge is 0.339 e. The molecule has 40 heavy (non-hydrogen) atoms. The van der Waals surface area contributed by atoms with E-state index in [0.29, 0.717) is 17.5 Å². The van der Waals surface area contributed by atoms with Gasteiger partial charge in [0.1, 0.15) is 5.69 Å². The second kappa shape index (κ2) is 12.1. The molecule has 0 aliphatic rings. The molecule has 0 saturated carbocycles. The van der Waals surface area contributed by atoms with Crippen molar-refractivity contribution in [2.45, 2.75) is 52.2 Å². The van der Waals surface area contributed by atoms with Crippen molar-refractivity contribution in [3.8, 4) is 0 Å². The lowest BCUT2D eigenvalue weighted by Gasteiger charge is -2.44. The van der Waals surface area contributed by atoms with Crippen LogP contribution in [0.4, 0.5) is 0 Å². The van der Waals surface area contributed by atoms with Gasteiger partial charge in [-0.25, -0.2) is 4.79 Å². The number of esters is 1. The normalized spacial score (nSPS) is 12.6. The van der Waals surface area contributed by atoms with E-state index < -0.39 is 14.3 Å². The molecule has 0 saturated heterocycles. The second-order valence-electron chi connectivity index (χ2n) is 11.2. The average Bonchev–Trinajstić information content (AvgIpc) is 2.96. The van der Waals surface area contributed by atoms with Gasteiger partial charge in [-0.15, -0.1) is 0 Å². The van der Waals surface area contributed by atoms with Crippen LogP contribution in [-0.4, -0.2) is 38.3 Å². The molecule has 0 bridgehead atoms. The molecule has 0 aliphatic heterocycles. The highest BCUT2D eigenvalue weighted by Gasteiger charge is 2.50. The minimum absolute atomic E-state index is 0.102. The largest absolute Gasteiger partial charge is 0.465 e. The lowest BCUT2D eigenvalue weighted by atomic mass is 9.97. The summed E-state index contributed by atoms with van der Waals surface area (Å²) in [5, 5.41) is 2.35. The highest BCUT2D eigenvalue weighted by Crippen LogP contribution is 2.37. The van der Waals surface area contributed by atoms with Gasteiger partial charge in [-0.2, -0.15) is 0 Å². The van der Waals surface area contributed by atoms with Crippen molar-refractivity contribution in [3.63, 3.8) is 0 Å². The van der Waals surface area contributed by atoms with Crippen LogP contribution in [0, 0.1) is 6.92 Å². The quantitative estimate of drug-likeness (QED) is 0.147. The molecule has 0 radical (unpaired) electrons. The first-order valence-corrected chi connectivity index (χ1v) is 15.4. The molecule has 4 rings (SSSR count). The van der Waals surface area contributed by atoms with Crippen LogP contribution in [0.5, 0.6) is 0 Å². The Morgan fingerprint density at radius 1 is 0.875 bits per heavy atom. The van der Waals surface area contributed by atoms with E-state index in [9.17, 15) is 9.59 Å². The molecule has 1 heterocycles. The zero-order valence-electron chi connectivity index (χ0n) is 24.1. The summed E-state index contributed by atoms with van der Waals surface area (Å²) in [6.07, 6.45) is 1.92. The van der Waals surface area contributed by atoms with Crippen molar-refractivity contribution in [3.05, 3.63) is 125 Å². The van der Waals surface area contributed by atoms with E-state index in [0.717, 1.165) is 11.1 Å². The predicted molar refractivity (Wildman–Crippen MR) is 162 cm³/mol. The van der Waals surface area contributed by atoms with Crippen LogP contribution in [-0.2, 0) is 15.6 Å². The molecule has 4 aromatic rings. The number of hydrogen-bond acceptors (Lipinski definition) is 5. The third kappa shape index (κ3) is 5.98. The molecule has 0 spiro atoms. The number of carbonyl (C=O) groups excluding carboxylic acids is 2. The van der Waals surface area contributed by atoms with Crippen molar-refractivity contribution < 1.29 is 18.8 Å². The summed E-state index contributed by atoms with van der Waals surface area (Å²) in [6.45, 7) is 10.9. The first-order valence-electron chi connectivity index (χ1n) is 13.5. The summed E-state index contributed by atoms with van der Waals surface area (Å²) >= 11 is 0. The highest BCUT2D eigenvalue weighted by atomic mass is 28.4. The predicted octanol–water partition coefficient (Wildman–Crippen LogP) is 5.92. The van der Waals surface area contributed by atoms with Gasteiger partial charge in [-0.1, -0.05) is 93.6 Å². The van der Waals surface area contributed by atoms with E-state index in [2.05, 4.69) is 87.3 Å². The lowest BCUT2D eigenvalue weighted by Crippen LogP contribution is -2.67. The fourth-order valence-electron chi connectivity index (χ4n) is 5.31. The topological polar surface area (TPSA) is 65.5 Å². The molecule has 0 amide bonds. The Bertz CT molecular complexity index is 1420. The number of aromatic nitrogens is 1. The van der Waals surface area contributed by atoms with Crippen LogP contribution >= 0.6 is 0 Å². The molecular formula is C34H37NO4Si. The van der Waals surface area contributed by atoms with Crippen molar-refractivity contribution in [2.75, 3.05) is 7.11 Å². The SMILES string of the molecule is COC(=O)c1ccc(C(=O)c2cc(CC(C)O[Si](c3ccccc3)(c3ccccc3)C(C)(C)C)ccc2C)nc1. The zero-order valence-corrected chi connectivity index (χ0v) is 25.1. The zero-order chi connectivity index (χ0) is 28.9. The number of hydrogen-bond donors (Lipinski definition) is 0. The van der Waals surface area contributed by atoms with Crippen LogP contribution in [0.2, 0.25) is 5.04 Å². The molecule has 0 aliphatic carbocycles. The standard InChI is InChI=1S/C34H37NO4Si/c1-24-17-18-26(22-30(24)32(36)31-20-19-27(23-35-31)33(37)38-6)21-25(2)39-40(34(3,4)5,28-13-9-7-10-14-28)29-15-11-8-12-16-29/h7-20,22-23,25H,21H2,1-6H3. The number of carbonyl (C=O) groups is 2. The molecular weight excluding hydrogens is 514 g/mol. The molecule has 1 unspecified atom stereocenters. The third-order valence-corrected chi connectivity index (χ3v) is 12.4. The fourth-order valence-corrected chi connectivity index (χ4v) is 10.0. The van der Waals surface area contributed by atoms with Crippen molar-refractivity contribution in [1.82, 2.24) is 4.98 Å². The summed E-state index contributed by atoms with van der Waals surface area (Å²) in [4.78, 5) is 29.4. The second-order valence-corrected chi connectivity index (χ2v) is 15.5. The van der Waals surface area contributed by atoms with E-state index in [-0.39, 0.29) is 22.6 Å². The van der Waals surface area contributed by atoms with E-state index >= 15 is 0 Å². The number of benzene rings is 3. The summed E-state index contributed by atoms with van der Waals surface area (Å²) in [5.74, 6) is -0.670. The number of nitrogens with zero attached hydrogens (tertiary/aromatic N) is 1. The Hall–Kier alpha value is -3.87. The number of rotatable bonds is 9. The van der Waals surface area contributed by atoms with Gasteiger partial charge in [0.05, 0.1) is 12.7 Å². The summed E-state index contributed by atoms with van der Waals surface area (Å²) in [6, 6.07) is 30.3. The van der Waals surface area contributed by atoms with Gasteiger partial charge >= 0.3 is 5.97 Å². The monoisotopic (exact) mass is 551 g/mol. The maximum absolute atomic E-state index is 13.4. The van der Waals surface area contributed by atoms with Gasteiger partial charge in [0.15, 0.2) is 0 Å². The van der Waals surface area contributed by atoms with Gasteiger partial charge in [0.25, 0.3) is 8.32 Å². The van der Waals surface area contributed by atoms with Gasteiger partial charge < -0.3 is 9.16 Å². The van der Waals surface area contributed by atoms with Crippen molar-refractivity contribution >= 4 is 30.4 Å². The first-order chi connectivity index (χ1) is 19.1. The Balaban J connectivity index is 1.64. The molecule has 3 aromatic carbocycles. The molecule has 6 heteroatoms. The molecule has 0 N–H and O–H groups in total. The minimum Gasteiger partial charge on any atom is -0.465 e. The van der Waals surface area contributed by atoms with E-state index in [1.807, 2.05) is 31.2 Å². The van der Waals surface area contributed by atoms with Gasteiger partial charge in [0.2, 0.25) is 5.78 Å². The molecule has 1 aromatic heterocycles. The molecule has 206 valence electrons. The fraction of sp³-hybridized carbons (Fsp3) is 0.265. The Labute approximate surface area is 238 Å². The summed E-state index contributed by atoms with van der Waals surface area (Å²) in [5.41, 5.74) is 3.07. The Kier molecular flexibility index (Phi) is 8.81. The van der Waals surface area contributed by atoms with Gasteiger partial charge in [-0.3, -0.25) is 9.78 Å². The van der Waals surface area contributed by atoms with Crippen LogP contribution in [0.3, 0.4) is 0 Å². The third-order valence-electron chi connectivity index (χ3n) is 7.28. The first kappa shape index (κ1) is 29.1. The highest BCUT2D eigenvalue weighted by molar-refractivity contribution is 6.99. The minimum atomic E-state index is -2.70. The Morgan fingerprint density at radius 2 is 1.48 bits per heavy atom. The average molecular weight is 552 g/mol. The van der Waals surface area contributed by atoms with E-state index in [4.69, 9.17) is 9.16 Å². The summed E-state index contributed by atoms with van der Waals surface area (Å²) in [7, 11) is -1.38. The maximum Gasteiger partial charge on any atom is 0.339 e. The number of aryl methyl sites for hydroxylation is 1. The lowest BCUT2D eigenvalue weighted by molar-refractivity contribution is 0.0600. The van der Waals surface area contributed by atoms with Gasteiger partial charge in [-0.05, 0) is 65.0 Å². The van der Waals surface area contributed by atoms with E-state index in [1.54, 1.807) is 12.1 Å². The molecule has 1 atom stereocenters. The van der Waals surface area contributed by atoms with E-state index in [1.165, 1.54) is 23.7 Å². The van der Waals surface area contributed by atoms with Crippen LogP contribution in [0.25, 0.3) is 0 Å². The van der Waals surface area contributed by atoms with Crippen LogP contribution < -0.4 is 10.4 Å². The van der Waals surface area contributed by atoms with Crippen LogP contribution in [0.1, 0.15) is 65.2 Å². The summed E-state index contributed by atoms with van der Waals surface area (Å²) < 4.78 is 12.0. The van der Waals surface area contributed by atoms with Gasteiger partial charge in [0, 0.05) is 17.9 Å². The number of ether oxygens (including phenoxy) is 1. The maximum atomic E-state index is 13.4. The number of ketones is 1. The van der Waals surface area contributed by atoms with Crippen molar-refractivity contribution in [1.29, 1.82) is 0 Å². The molecule has 0 fully saturated rings. The molecule has 5 nitrogen and oxygen atoms in total.